The molecule has 2 atom stereocenters. The number of ether oxygens (including phenoxy) is 1. The largest absolute Gasteiger partial charge is 0.449 e. The van der Waals surface area contributed by atoms with E-state index in [1.807, 2.05) is 22.8 Å². The fourth-order valence-corrected chi connectivity index (χ4v) is 5.73. The average molecular weight is 569 g/mol. The molecule has 0 spiro atoms. The van der Waals surface area contributed by atoms with E-state index in [1.165, 1.54) is 0 Å². The highest BCUT2D eigenvalue weighted by atomic mass is 35.5. The lowest BCUT2D eigenvalue weighted by Crippen LogP contribution is -2.46. The molecular weight excluding hydrogens is 529 g/mol. The third-order valence-corrected chi connectivity index (χ3v) is 9.08. The van der Waals surface area contributed by atoms with Crippen molar-refractivity contribution in [3.8, 4) is 0 Å². The molecule has 2 heterocycles. The number of amides is 3. The Hall–Kier alpha value is -2.03. The summed E-state index contributed by atoms with van der Waals surface area (Å²) in [6.07, 6.45) is 3.01. The van der Waals surface area contributed by atoms with Crippen LogP contribution in [0.25, 0.3) is 0 Å². The van der Waals surface area contributed by atoms with Crippen molar-refractivity contribution in [3.63, 3.8) is 0 Å². The van der Waals surface area contributed by atoms with E-state index in [2.05, 4.69) is 0 Å². The molecule has 0 radical (unpaired) electrons. The van der Waals surface area contributed by atoms with Crippen LogP contribution >= 0.6 is 23.2 Å². The molecule has 2 saturated heterocycles. The zero-order chi connectivity index (χ0) is 27.8. The van der Waals surface area contributed by atoms with Crippen LogP contribution in [0.15, 0.2) is 18.2 Å². The van der Waals surface area contributed by atoms with Gasteiger partial charge in [-0.1, -0.05) is 36.2 Å². The van der Waals surface area contributed by atoms with Crippen LogP contribution in [0.4, 0.5) is 4.79 Å². The number of likely N-dealkylation sites (tertiary alicyclic amines) is 2. The smallest absolute Gasteiger partial charge is 0.409 e. The quantitative estimate of drug-likeness (QED) is 0.521. The zero-order valence-electron chi connectivity index (χ0n) is 22.7. The molecule has 4 rings (SSSR count). The molecule has 8 nitrogen and oxygen atoms in total. The SMILES string of the molecule is CN(C(=O)OCCC(C)(C)O)C1CN(C(=O)C2CCN(C(=O)C3(C)CC3)CC2)CC1c1ccc(Cl)c(Cl)c1. The Morgan fingerprint density at radius 2 is 1.76 bits per heavy atom. The van der Waals surface area contributed by atoms with Crippen LogP contribution in [0.3, 0.4) is 0 Å². The molecule has 10 heteroatoms. The van der Waals surface area contributed by atoms with Crippen molar-refractivity contribution in [2.45, 2.75) is 70.4 Å². The van der Waals surface area contributed by atoms with Crippen molar-refractivity contribution in [3.05, 3.63) is 33.8 Å². The third kappa shape index (κ3) is 6.57. The number of rotatable bonds is 7. The van der Waals surface area contributed by atoms with Crippen LogP contribution in [0.5, 0.6) is 0 Å². The van der Waals surface area contributed by atoms with E-state index < -0.39 is 11.7 Å². The lowest BCUT2D eigenvalue weighted by molar-refractivity contribution is -0.142. The molecule has 3 aliphatic rings. The molecule has 1 aromatic carbocycles. The minimum absolute atomic E-state index is 0.0612. The molecule has 210 valence electrons. The first-order valence-electron chi connectivity index (χ1n) is 13.4. The summed E-state index contributed by atoms with van der Waals surface area (Å²) in [6.45, 7) is 7.47. The average Bonchev–Trinajstić information content (AvgIpc) is 3.47. The van der Waals surface area contributed by atoms with Gasteiger partial charge in [-0.2, -0.15) is 0 Å². The second kappa shape index (κ2) is 11.2. The lowest BCUT2D eigenvalue weighted by Gasteiger charge is -2.34. The van der Waals surface area contributed by atoms with Crippen molar-refractivity contribution < 1.29 is 24.2 Å². The highest BCUT2D eigenvalue weighted by Gasteiger charge is 2.48. The highest BCUT2D eigenvalue weighted by Crippen LogP contribution is 2.47. The Bertz CT molecular complexity index is 1060. The fraction of sp³-hybridized carbons (Fsp3) is 0.679. The second-order valence-electron chi connectivity index (χ2n) is 12.0. The maximum Gasteiger partial charge on any atom is 0.409 e. The summed E-state index contributed by atoms with van der Waals surface area (Å²) in [6, 6.07) is 5.10. The topological polar surface area (TPSA) is 90.4 Å². The van der Waals surface area contributed by atoms with Gasteiger partial charge in [0.25, 0.3) is 0 Å². The fourth-order valence-electron chi connectivity index (χ4n) is 5.43. The van der Waals surface area contributed by atoms with Gasteiger partial charge in [-0.15, -0.1) is 0 Å². The monoisotopic (exact) mass is 567 g/mol. The van der Waals surface area contributed by atoms with Gasteiger partial charge in [0.1, 0.15) is 0 Å². The molecule has 38 heavy (non-hydrogen) atoms. The Labute approximate surface area is 235 Å². The summed E-state index contributed by atoms with van der Waals surface area (Å²) in [5.74, 6) is -0.0412. The number of nitrogens with zero attached hydrogens (tertiary/aromatic N) is 3. The number of aliphatic hydroxyl groups is 1. The Kier molecular flexibility index (Phi) is 8.55. The van der Waals surface area contributed by atoms with Crippen molar-refractivity contribution >= 4 is 41.1 Å². The number of hydrogen-bond donors (Lipinski definition) is 1. The Balaban J connectivity index is 1.44. The molecular formula is C28H39Cl2N3O5. The van der Waals surface area contributed by atoms with Crippen molar-refractivity contribution in [2.24, 2.45) is 11.3 Å². The van der Waals surface area contributed by atoms with E-state index in [4.69, 9.17) is 27.9 Å². The van der Waals surface area contributed by atoms with Gasteiger partial charge in [0.05, 0.1) is 28.3 Å². The minimum Gasteiger partial charge on any atom is -0.449 e. The first kappa shape index (κ1) is 29.0. The molecule has 2 unspecified atom stereocenters. The number of piperidine rings is 1. The molecule has 3 amide bonds. The molecule has 1 saturated carbocycles. The van der Waals surface area contributed by atoms with E-state index in [0.717, 1.165) is 18.4 Å². The van der Waals surface area contributed by atoms with Gasteiger partial charge in [-0.3, -0.25) is 9.59 Å². The van der Waals surface area contributed by atoms with Crippen LogP contribution < -0.4 is 0 Å². The summed E-state index contributed by atoms with van der Waals surface area (Å²) in [7, 11) is 1.68. The van der Waals surface area contributed by atoms with E-state index in [-0.39, 0.29) is 41.7 Å². The van der Waals surface area contributed by atoms with Crippen molar-refractivity contribution in [1.29, 1.82) is 0 Å². The predicted molar refractivity (Wildman–Crippen MR) is 146 cm³/mol. The maximum absolute atomic E-state index is 13.6. The molecule has 0 aromatic heterocycles. The van der Waals surface area contributed by atoms with Gasteiger partial charge in [0, 0.05) is 56.9 Å². The maximum atomic E-state index is 13.6. The Morgan fingerprint density at radius 1 is 1.11 bits per heavy atom. The molecule has 1 aliphatic carbocycles. The number of carbonyl (C=O) groups excluding carboxylic acids is 3. The lowest BCUT2D eigenvalue weighted by atomic mass is 9.93. The van der Waals surface area contributed by atoms with Crippen LogP contribution in [-0.2, 0) is 14.3 Å². The van der Waals surface area contributed by atoms with Crippen molar-refractivity contribution in [2.75, 3.05) is 39.8 Å². The van der Waals surface area contributed by atoms with Gasteiger partial charge in [-0.25, -0.2) is 4.79 Å². The van der Waals surface area contributed by atoms with Gasteiger partial charge in [-0.05, 0) is 57.2 Å². The van der Waals surface area contributed by atoms with E-state index in [0.29, 0.717) is 55.5 Å². The van der Waals surface area contributed by atoms with Gasteiger partial charge < -0.3 is 24.5 Å². The summed E-state index contributed by atoms with van der Waals surface area (Å²) >= 11 is 12.5. The Morgan fingerprint density at radius 3 is 2.34 bits per heavy atom. The number of halogens is 2. The number of carbonyl (C=O) groups is 3. The highest BCUT2D eigenvalue weighted by molar-refractivity contribution is 6.42. The summed E-state index contributed by atoms with van der Waals surface area (Å²) in [5.41, 5.74) is -0.235. The summed E-state index contributed by atoms with van der Waals surface area (Å²) < 4.78 is 5.44. The van der Waals surface area contributed by atoms with E-state index >= 15 is 0 Å². The number of likely N-dealkylation sites (N-methyl/N-ethyl adjacent to an activating group) is 1. The zero-order valence-corrected chi connectivity index (χ0v) is 24.2. The molecule has 0 bridgehead atoms. The first-order chi connectivity index (χ1) is 17.8. The molecule has 3 fully saturated rings. The molecule has 1 aromatic rings. The van der Waals surface area contributed by atoms with Crippen LogP contribution in [0.2, 0.25) is 10.0 Å². The van der Waals surface area contributed by atoms with Gasteiger partial charge >= 0.3 is 6.09 Å². The van der Waals surface area contributed by atoms with Gasteiger partial charge in [0.2, 0.25) is 11.8 Å². The first-order valence-corrected chi connectivity index (χ1v) is 14.2. The standard InChI is InChI=1S/C28H39Cl2N3O5/c1-27(2,37)11-14-38-26(36)31(4)23-17-33(16-20(23)19-5-6-21(29)22(30)15-19)24(34)18-7-12-32(13-8-18)25(35)28(3)9-10-28/h5-6,15,18,20,23,37H,7-14,16-17H2,1-4H3. The molecule has 2 aliphatic heterocycles. The van der Waals surface area contributed by atoms with E-state index in [1.54, 1.807) is 37.9 Å². The second-order valence-corrected chi connectivity index (χ2v) is 12.8. The van der Waals surface area contributed by atoms with E-state index in [9.17, 15) is 19.5 Å². The molecule has 1 N–H and O–H groups in total. The van der Waals surface area contributed by atoms with Crippen molar-refractivity contribution in [1.82, 2.24) is 14.7 Å². The predicted octanol–water partition coefficient (Wildman–Crippen LogP) is 4.56. The minimum atomic E-state index is -0.936. The van der Waals surface area contributed by atoms with Crippen LogP contribution in [0.1, 0.15) is 64.4 Å². The number of benzene rings is 1. The summed E-state index contributed by atoms with van der Waals surface area (Å²) in [4.78, 5) is 44.6. The van der Waals surface area contributed by atoms with Crippen LogP contribution in [0, 0.1) is 11.3 Å². The normalized spacial score (nSPS) is 23.3. The van der Waals surface area contributed by atoms with Crippen LogP contribution in [-0.4, -0.2) is 89.2 Å². The third-order valence-electron chi connectivity index (χ3n) is 8.35. The number of hydrogen-bond acceptors (Lipinski definition) is 5. The summed E-state index contributed by atoms with van der Waals surface area (Å²) in [5, 5.41) is 10.8. The van der Waals surface area contributed by atoms with Gasteiger partial charge in [0.15, 0.2) is 0 Å².